The van der Waals surface area contributed by atoms with Gasteiger partial charge in [0.15, 0.2) is 0 Å². The molecule has 12 heteroatoms. The van der Waals surface area contributed by atoms with Gasteiger partial charge in [-0.3, -0.25) is 24.8 Å². The number of amides is 1. The number of aromatic nitrogens is 1. The molecule has 2 aliphatic rings. The van der Waals surface area contributed by atoms with Crippen molar-refractivity contribution in [3.63, 3.8) is 0 Å². The number of nitro benzene ring substituents is 1. The number of carbonyl (C=O) groups is 1. The van der Waals surface area contributed by atoms with Crippen molar-refractivity contribution in [2.45, 2.75) is 57.5 Å². The van der Waals surface area contributed by atoms with E-state index in [1.165, 1.54) is 11.6 Å². The van der Waals surface area contributed by atoms with Crippen molar-refractivity contribution in [1.29, 1.82) is 0 Å². The van der Waals surface area contributed by atoms with E-state index in [2.05, 4.69) is 47.5 Å². The highest BCUT2D eigenvalue weighted by atomic mass is 19.4. The summed E-state index contributed by atoms with van der Waals surface area (Å²) in [5.74, 6) is -0.0419. The van der Waals surface area contributed by atoms with Crippen LogP contribution in [0.2, 0.25) is 0 Å². The largest absolute Gasteiger partial charge is 0.423 e. The molecule has 0 atom stereocenters. The molecule has 0 spiro atoms. The standard InChI is InChI=1S/C30H34F3N5O4/c1-20-2-3-21-4-5-24(35-27(21)16-20)18-36-12-14-37(15-13-36)29(39)19-42-25-9-6-22(7-10-25)34-23-8-11-28(38(40)41)26(17-23)30(31,32)33/h2-5,8,11,16-17,22,25,34H,6-7,9-10,12-15,18-19H2,1H3/t22-,25-. The molecule has 2 aromatic carbocycles. The molecule has 1 saturated carbocycles. The Bertz CT molecular complexity index is 1430. The number of nitrogens with one attached hydrogen (secondary N) is 1. The molecule has 0 unspecified atom stereocenters. The Balaban J connectivity index is 1.03. The van der Waals surface area contributed by atoms with Crippen LogP contribution in [-0.2, 0) is 22.3 Å². The molecule has 3 aromatic rings. The highest BCUT2D eigenvalue weighted by molar-refractivity contribution is 5.79. The van der Waals surface area contributed by atoms with Gasteiger partial charge < -0.3 is 15.0 Å². The Morgan fingerprint density at radius 1 is 1.05 bits per heavy atom. The first-order valence-electron chi connectivity index (χ1n) is 14.2. The third-order valence-corrected chi connectivity index (χ3v) is 8.00. The first-order chi connectivity index (χ1) is 20.0. The number of nitrogens with zero attached hydrogens (tertiary/aromatic N) is 4. The van der Waals surface area contributed by atoms with Crippen LogP contribution < -0.4 is 5.32 Å². The quantitative estimate of drug-likeness (QED) is 0.273. The van der Waals surface area contributed by atoms with Gasteiger partial charge in [0.05, 0.1) is 22.2 Å². The molecule has 0 bridgehead atoms. The lowest BCUT2D eigenvalue weighted by Crippen LogP contribution is -2.49. The highest BCUT2D eigenvalue weighted by Gasteiger charge is 2.38. The number of aryl methyl sites for hydroxylation is 1. The Hall–Kier alpha value is -3.77. The second kappa shape index (κ2) is 12.6. The van der Waals surface area contributed by atoms with E-state index in [9.17, 15) is 28.1 Å². The van der Waals surface area contributed by atoms with E-state index < -0.39 is 22.4 Å². The molecule has 2 fully saturated rings. The second-order valence-electron chi connectivity index (χ2n) is 11.1. The maximum Gasteiger partial charge on any atom is 0.423 e. The van der Waals surface area contributed by atoms with Gasteiger partial charge in [-0.25, -0.2) is 0 Å². The molecule has 1 amide bonds. The SMILES string of the molecule is Cc1ccc2ccc(CN3CCN(C(=O)CO[C@H]4CC[C@H](Nc5ccc([N+](=O)[O-])c(C(F)(F)F)c5)CC4)CC3)nc2c1. The molecule has 0 radical (unpaired) electrons. The molecule has 1 N–H and O–H groups in total. The minimum absolute atomic E-state index is 0.00559. The number of piperazine rings is 1. The molecule has 1 aliphatic carbocycles. The average molecular weight is 586 g/mol. The maximum absolute atomic E-state index is 13.3. The molecule has 5 rings (SSSR count). The van der Waals surface area contributed by atoms with Gasteiger partial charge in [-0.1, -0.05) is 18.2 Å². The van der Waals surface area contributed by atoms with Crippen LogP contribution in [0, 0.1) is 17.0 Å². The van der Waals surface area contributed by atoms with Crippen molar-refractivity contribution >= 4 is 28.2 Å². The van der Waals surface area contributed by atoms with Gasteiger partial charge in [0.2, 0.25) is 5.91 Å². The van der Waals surface area contributed by atoms with Crippen LogP contribution in [0.3, 0.4) is 0 Å². The normalized spacial score (nSPS) is 20.0. The Morgan fingerprint density at radius 3 is 2.45 bits per heavy atom. The van der Waals surface area contributed by atoms with Crippen LogP contribution in [0.25, 0.3) is 10.9 Å². The van der Waals surface area contributed by atoms with Crippen molar-refractivity contribution in [2.24, 2.45) is 0 Å². The number of benzene rings is 2. The monoisotopic (exact) mass is 585 g/mol. The molecule has 1 aromatic heterocycles. The zero-order valence-electron chi connectivity index (χ0n) is 23.4. The average Bonchev–Trinajstić information content (AvgIpc) is 2.96. The van der Waals surface area contributed by atoms with Crippen LogP contribution >= 0.6 is 0 Å². The molecule has 9 nitrogen and oxygen atoms in total. The predicted octanol–water partition coefficient (Wildman–Crippen LogP) is 5.55. The topological polar surface area (TPSA) is 101 Å². The van der Waals surface area contributed by atoms with Gasteiger partial charge in [-0.2, -0.15) is 13.2 Å². The number of pyridine rings is 1. The van der Waals surface area contributed by atoms with Crippen molar-refractivity contribution in [1.82, 2.24) is 14.8 Å². The van der Waals surface area contributed by atoms with E-state index in [-0.39, 0.29) is 30.3 Å². The number of alkyl halides is 3. The molecule has 224 valence electrons. The molecule has 2 heterocycles. The molecule has 1 saturated heterocycles. The summed E-state index contributed by atoms with van der Waals surface area (Å²) >= 11 is 0. The molecule has 42 heavy (non-hydrogen) atoms. The minimum atomic E-state index is -4.82. The molecular formula is C30H34F3N5O4. The smallest absolute Gasteiger partial charge is 0.382 e. The Morgan fingerprint density at radius 2 is 1.76 bits per heavy atom. The predicted molar refractivity (Wildman–Crippen MR) is 152 cm³/mol. The van der Waals surface area contributed by atoms with E-state index in [1.807, 2.05) is 4.90 Å². The lowest BCUT2D eigenvalue weighted by atomic mass is 9.92. The zero-order valence-corrected chi connectivity index (χ0v) is 23.4. The highest BCUT2D eigenvalue weighted by Crippen LogP contribution is 2.38. The van der Waals surface area contributed by atoms with Crippen LogP contribution in [0.1, 0.15) is 42.5 Å². The number of anilines is 1. The number of fused-ring (bicyclic) bond motifs is 1. The number of carbonyl (C=O) groups excluding carboxylic acids is 1. The summed E-state index contributed by atoms with van der Waals surface area (Å²) in [5, 5.41) is 15.2. The summed E-state index contributed by atoms with van der Waals surface area (Å²) in [5.41, 5.74) is 1.14. The van der Waals surface area contributed by atoms with Crippen molar-refractivity contribution < 1.29 is 27.6 Å². The third kappa shape index (κ3) is 7.35. The zero-order chi connectivity index (χ0) is 29.9. The van der Waals surface area contributed by atoms with Crippen molar-refractivity contribution in [3.8, 4) is 0 Å². The fraction of sp³-hybridized carbons (Fsp3) is 0.467. The van der Waals surface area contributed by atoms with Gasteiger partial charge in [0, 0.05) is 55.9 Å². The van der Waals surface area contributed by atoms with E-state index in [0.29, 0.717) is 38.8 Å². The van der Waals surface area contributed by atoms with Gasteiger partial charge in [0.1, 0.15) is 12.2 Å². The van der Waals surface area contributed by atoms with Crippen LogP contribution in [0.5, 0.6) is 0 Å². The summed E-state index contributed by atoms with van der Waals surface area (Å²) in [4.78, 5) is 31.7. The molecular weight excluding hydrogens is 551 g/mol. The maximum atomic E-state index is 13.3. The lowest BCUT2D eigenvalue weighted by molar-refractivity contribution is -0.388. The number of ether oxygens (including phenoxy) is 1. The summed E-state index contributed by atoms with van der Waals surface area (Å²) in [7, 11) is 0. The minimum Gasteiger partial charge on any atom is -0.382 e. The third-order valence-electron chi connectivity index (χ3n) is 8.00. The molecule has 1 aliphatic heterocycles. The summed E-state index contributed by atoms with van der Waals surface area (Å²) in [6.07, 6.45) is -2.29. The fourth-order valence-corrected chi connectivity index (χ4v) is 5.64. The first-order valence-corrected chi connectivity index (χ1v) is 14.2. The van der Waals surface area contributed by atoms with Gasteiger partial charge in [-0.15, -0.1) is 0 Å². The number of hydrogen-bond donors (Lipinski definition) is 1. The van der Waals surface area contributed by atoms with E-state index in [1.54, 1.807) is 0 Å². The summed E-state index contributed by atoms with van der Waals surface area (Å²) in [6.45, 7) is 5.56. The van der Waals surface area contributed by atoms with E-state index >= 15 is 0 Å². The van der Waals surface area contributed by atoms with Crippen LogP contribution in [0.4, 0.5) is 24.5 Å². The van der Waals surface area contributed by atoms with Crippen LogP contribution in [-0.4, -0.2) is 70.5 Å². The Labute approximate surface area is 241 Å². The summed E-state index contributed by atoms with van der Waals surface area (Å²) < 4.78 is 45.8. The Kier molecular flexibility index (Phi) is 8.93. The number of halogens is 3. The number of hydrogen-bond acceptors (Lipinski definition) is 7. The first kappa shape index (κ1) is 29.7. The van der Waals surface area contributed by atoms with Crippen molar-refractivity contribution in [2.75, 3.05) is 38.1 Å². The van der Waals surface area contributed by atoms with Gasteiger partial charge in [0.25, 0.3) is 5.69 Å². The summed E-state index contributed by atoms with van der Waals surface area (Å²) in [6, 6.07) is 13.3. The van der Waals surface area contributed by atoms with Gasteiger partial charge >= 0.3 is 6.18 Å². The second-order valence-corrected chi connectivity index (χ2v) is 11.1. The fourth-order valence-electron chi connectivity index (χ4n) is 5.64. The van der Waals surface area contributed by atoms with E-state index in [0.717, 1.165) is 48.4 Å². The number of rotatable bonds is 8. The van der Waals surface area contributed by atoms with E-state index in [4.69, 9.17) is 9.72 Å². The van der Waals surface area contributed by atoms with Crippen LogP contribution in [0.15, 0.2) is 48.5 Å². The van der Waals surface area contributed by atoms with Crippen molar-refractivity contribution in [3.05, 3.63) is 75.5 Å². The van der Waals surface area contributed by atoms with Gasteiger partial charge in [-0.05, 0) is 62.4 Å². The number of nitro groups is 1. The lowest BCUT2D eigenvalue weighted by Gasteiger charge is -2.35.